The number of hydrogen-bond acceptors (Lipinski definition) is 5. The first-order valence-corrected chi connectivity index (χ1v) is 9.19. The lowest BCUT2D eigenvalue weighted by molar-refractivity contribution is 0.0935. The number of carbonyl (C=O) groups excluding carboxylic acids is 1. The van der Waals surface area contributed by atoms with Crippen LogP contribution in [0.4, 0.5) is 0 Å². The maximum absolute atomic E-state index is 12.1. The summed E-state index contributed by atoms with van der Waals surface area (Å²) in [6, 6.07) is 7.90. The van der Waals surface area contributed by atoms with Gasteiger partial charge >= 0.3 is 0 Å². The highest BCUT2D eigenvalue weighted by molar-refractivity contribution is 8.15. The van der Waals surface area contributed by atoms with Crippen LogP contribution in [0.15, 0.2) is 34.5 Å². The molecule has 1 N–H and O–H groups in total. The Bertz CT molecular complexity index is 771. The molecular weight excluding hydrogens is 332 g/mol. The first kappa shape index (κ1) is 15.9. The van der Waals surface area contributed by atoms with Gasteiger partial charge in [-0.2, -0.15) is 0 Å². The molecule has 1 amide bonds. The maximum atomic E-state index is 12.1. The van der Waals surface area contributed by atoms with Gasteiger partial charge in [0.15, 0.2) is 0 Å². The molecule has 0 saturated carbocycles. The van der Waals surface area contributed by atoms with Crippen LogP contribution in [0.1, 0.15) is 34.0 Å². The third-order valence-electron chi connectivity index (χ3n) is 2.74. The molecule has 0 aromatic carbocycles. The van der Waals surface area contributed by atoms with E-state index in [1.165, 1.54) is 6.07 Å². The van der Waals surface area contributed by atoms with Gasteiger partial charge in [-0.15, -0.1) is 11.3 Å². The van der Waals surface area contributed by atoms with Crippen molar-refractivity contribution in [3.63, 3.8) is 0 Å². The summed E-state index contributed by atoms with van der Waals surface area (Å²) in [5, 5.41) is 2.78. The van der Waals surface area contributed by atoms with Crippen LogP contribution in [0.3, 0.4) is 0 Å². The molecule has 1 atom stereocenters. The number of hydrogen-bond donors (Lipinski definition) is 1. The van der Waals surface area contributed by atoms with E-state index in [1.807, 2.05) is 0 Å². The first-order valence-electron chi connectivity index (χ1n) is 6.06. The summed E-state index contributed by atoms with van der Waals surface area (Å²) in [6.07, 6.45) is 0. The second kappa shape index (κ2) is 6.13. The van der Waals surface area contributed by atoms with Crippen LogP contribution in [-0.2, 0) is 9.05 Å². The lowest BCUT2D eigenvalue weighted by atomic mass is 10.2. The number of aryl methyl sites for hydroxylation is 1. The van der Waals surface area contributed by atoms with Gasteiger partial charge in [-0.05, 0) is 38.1 Å². The Labute approximate surface area is 131 Å². The predicted octanol–water partition coefficient (Wildman–Crippen LogP) is 2.87. The van der Waals surface area contributed by atoms with Crippen LogP contribution in [0.2, 0.25) is 0 Å². The van der Waals surface area contributed by atoms with E-state index < -0.39 is 9.05 Å². The van der Waals surface area contributed by atoms with Crippen molar-refractivity contribution in [2.45, 2.75) is 24.1 Å². The number of thiophene rings is 1. The molecule has 1 unspecified atom stereocenters. The van der Waals surface area contributed by atoms with Crippen molar-refractivity contribution in [1.29, 1.82) is 0 Å². The van der Waals surface area contributed by atoms with Crippen molar-refractivity contribution in [3.8, 4) is 0 Å². The summed E-state index contributed by atoms with van der Waals surface area (Å²) < 4.78 is 22.5. The Morgan fingerprint density at radius 1 is 1.33 bits per heavy atom. The molecule has 0 aliphatic rings. The van der Waals surface area contributed by atoms with Crippen LogP contribution in [0, 0.1) is 6.92 Å². The minimum atomic E-state index is -3.74. The van der Waals surface area contributed by atoms with Gasteiger partial charge in [0.05, 0.1) is 6.04 Å². The highest BCUT2D eigenvalue weighted by Gasteiger charge is 2.18. The van der Waals surface area contributed by atoms with E-state index in [4.69, 9.17) is 10.7 Å². The largest absolute Gasteiger partial charge is 0.343 e. The topological polar surface area (TPSA) is 76.1 Å². The number of carbonyl (C=O) groups is 1. The Kier molecular flexibility index (Phi) is 4.65. The summed E-state index contributed by atoms with van der Waals surface area (Å²) in [6.45, 7) is 3.57. The fraction of sp³-hybridized carbons (Fsp3) is 0.231. The average molecular weight is 345 g/mol. The molecule has 0 radical (unpaired) electrons. The SMILES string of the molecule is Cc1cccc(C(=O)NC(C)c2ccc(S(=O)(=O)Cl)s2)n1. The van der Waals surface area contributed by atoms with Crippen molar-refractivity contribution in [2.24, 2.45) is 0 Å². The monoisotopic (exact) mass is 344 g/mol. The molecule has 0 aliphatic carbocycles. The lowest BCUT2D eigenvalue weighted by Crippen LogP contribution is -2.27. The van der Waals surface area contributed by atoms with Gasteiger partial charge < -0.3 is 5.32 Å². The maximum Gasteiger partial charge on any atom is 0.270 e. The van der Waals surface area contributed by atoms with E-state index in [1.54, 1.807) is 38.1 Å². The molecule has 21 heavy (non-hydrogen) atoms. The van der Waals surface area contributed by atoms with Crippen LogP contribution in [-0.4, -0.2) is 19.3 Å². The number of rotatable bonds is 4. The molecule has 0 saturated heterocycles. The highest BCUT2D eigenvalue weighted by Crippen LogP contribution is 2.28. The van der Waals surface area contributed by atoms with Gasteiger partial charge in [-0.1, -0.05) is 6.07 Å². The van der Waals surface area contributed by atoms with Gasteiger partial charge in [0, 0.05) is 21.3 Å². The van der Waals surface area contributed by atoms with Crippen molar-refractivity contribution in [2.75, 3.05) is 0 Å². The summed E-state index contributed by atoms with van der Waals surface area (Å²) in [5.41, 5.74) is 1.07. The smallest absolute Gasteiger partial charge is 0.270 e. The first-order chi connectivity index (χ1) is 9.77. The zero-order valence-electron chi connectivity index (χ0n) is 11.3. The molecule has 0 aliphatic heterocycles. The normalized spacial score (nSPS) is 12.9. The third kappa shape index (κ3) is 4.03. The van der Waals surface area contributed by atoms with Gasteiger partial charge in [0.1, 0.15) is 9.90 Å². The molecular formula is C13H13ClN2O3S2. The second-order valence-electron chi connectivity index (χ2n) is 4.45. The molecule has 5 nitrogen and oxygen atoms in total. The minimum absolute atomic E-state index is 0.0638. The number of amides is 1. The molecule has 0 bridgehead atoms. The molecule has 2 aromatic heterocycles. The zero-order chi connectivity index (χ0) is 15.6. The fourth-order valence-electron chi connectivity index (χ4n) is 1.71. The standard InChI is InChI=1S/C13H13ClN2O3S2/c1-8-4-3-5-10(15-8)13(17)16-9(2)11-6-7-12(20-11)21(14,18)19/h3-7,9H,1-2H3,(H,16,17). The summed E-state index contributed by atoms with van der Waals surface area (Å²) in [4.78, 5) is 16.9. The molecule has 2 heterocycles. The lowest BCUT2D eigenvalue weighted by Gasteiger charge is -2.11. The third-order valence-corrected chi connectivity index (χ3v) is 6.10. The Morgan fingerprint density at radius 2 is 2.05 bits per heavy atom. The second-order valence-corrected chi connectivity index (χ2v) is 8.36. The minimum Gasteiger partial charge on any atom is -0.343 e. The van der Waals surface area contributed by atoms with Crippen LogP contribution < -0.4 is 5.32 Å². The van der Waals surface area contributed by atoms with E-state index in [-0.39, 0.29) is 16.2 Å². The summed E-state index contributed by atoms with van der Waals surface area (Å²) >= 11 is 1.03. The van der Waals surface area contributed by atoms with Crippen molar-refractivity contribution < 1.29 is 13.2 Å². The van der Waals surface area contributed by atoms with Gasteiger partial charge in [-0.25, -0.2) is 13.4 Å². The number of pyridine rings is 1. The van der Waals surface area contributed by atoms with Gasteiger partial charge in [-0.3, -0.25) is 4.79 Å². The molecule has 112 valence electrons. The van der Waals surface area contributed by atoms with E-state index in [0.717, 1.165) is 17.0 Å². The predicted molar refractivity (Wildman–Crippen MR) is 82.2 cm³/mol. The van der Waals surface area contributed by atoms with E-state index in [2.05, 4.69) is 10.3 Å². The zero-order valence-corrected chi connectivity index (χ0v) is 13.7. The molecule has 2 rings (SSSR count). The van der Waals surface area contributed by atoms with Crippen LogP contribution in [0.25, 0.3) is 0 Å². The van der Waals surface area contributed by atoms with Crippen LogP contribution in [0.5, 0.6) is 0 Å². The van der Waals surface area contributed by atoms with E-state index in [9.17, 15) is 13.2 Å². The number of nitrogens with zero attached hydrogens (tertiary/aromatic N) is 1. The van der Waals surface area contributed by atoms with Crippen LogP contribution >= 0.6 is 22.0 Å². The average Bonchev–Trinajstić information content (AvgIpc) is 2.88. The highest BCUT2D eigenvalue weighted by atomic mass is 35.7. The Balaban J connectivity index is 2.13. The summed E-state index contributed by atoms with van der Waals surface area (Å²) in [7, 11) is 1.54. The van der Waals surface area contributed by atoms with E-state index >= 15 is 0 Å². The van der Waals surface area contributed by atoms with Crippen molar-refractivity contribution >= 4 is 37.0 Å². The summed E-state index contributed by atoms with van der Waals surface area (Å²) in [5.74, 6) is -0.310. The molecule has 2 aromatic rings. The van der Waals surface area contributed by atoms with E-state index in [0.29, 0.717) is 10.6 Å². The number of halogens is 1. The Morgan fingerprint density at radius 3 is 2.62 bits per heavy atom. The number of nitrogens with one attached hydrogen (secondary N) is 1. The number of aromatic nitrogens is 1. The Hall–Kier alpha value is -1.44. The van der Waals surface area contributed by atoms with Crippen molar-refractivity contribution in [1.82, 2.24) is 10.3 Å². The van der Waals surface area contributed by atoms with Crippen molar-refractivity contribution in [3.05, 3.63) is 46.6 Å². The molecule has 0 fully saturated rings. The van der Waals surface area contributed by atoms with Gasteiger partial charge in [0.25, 0.3) is 15.0 Å². The van der Waals surface area contributed by atoms with Gasteiger partial charge in [0.2, 0.25) is 0 Å². The fourth-order valence-corrected chi connectivity index (χ4v) is 3.80. The quantitative estimate of drug-likeness (QED) is 0.865. The molecule has 0 spiro atoms. The molecule has 8 heteroatoms.